The predicted molar refractivity (Wildman–Crippen MR) is 84.6 cm³/mol. The van der Waals surface area contributed by atoms with Crippen LogP contribution in [0.4, 0.5) is 5.69 Å². The van der Waals surface area contributed by atoms with E-state index in [-0.39, 0.29) is 0 Å². The molecule has 2 aromatic rings. The van der Waals surface area contributed by atoms with Crippen molar-refractivity contribution in [3.63, 3.8) is 0 Å². The maximum absolute atomic E-state index is 2.32. The average molecular weight is 265 g/mol. The fourth-order valence-corrected chi connectivity index (χ4v) is 2.90. The van der Waals surface area contributed by atoms with Crippen LogP contribution in [0, 0.1) is 0 Å². The minimum absolute atomic E-state index is 1.14. The fraction of sp³-hybridized carbons (Fsp3) is 0.278. The highest BCUT2D eigenvalue weighted by atomic mass is 15.1. The van der Waals surface area contributed by atoms with E-state index >= 15 is 0 Å². The van der Waals surface area contributed by atoms with Gasteiger partial charge in [-0.2, -0.15) is 0 Å². The zero-order chi connectivity index (χ0) is 14.1. The molecule has 0 radical (unpaired) electrons. The molecule has 0 bridgehead atoms. The Bertz CT molecular complexity index is 652. The van der Waals surface area contributed by atoms with Gasteiger partial charge in [-0.05, 0) is 42.7 Å². The number of allylic oxidation sites excluding steroid dienone is 1. The van der Waals surface area contributed by atoms with Crippen LogP contribution in [0.2, 0.25) is 0 Å². The zero-order valence-corrected chi connectivity index (χ0v) is 12.4. The second-order valence-corrected chi connectivity index (χ2v) is 5.65. The van der Waals surface area contributed by atoms with Crippen molar-refractivity contribution in [2.45, 2.75) is 12.8 Å². The van der Waals surface area contributed by atoms with Crippen molar-refractivity contribution in [2.75, 3.05) is 19.0 Å². The second-order valence-electron chi connectivity index (χ2n) is 5.65. The molecule has 1 aromatic heterocycles. The standard InChI is InChI=1S/C18H21N2/c1-19(2)17-10-6-14(7-11-17)13-16-9-8-15-5-4-12-20(3)18(15)16/h4-7,10-13H,8-9H2,1-3H3/q+1. The van der Waals surface area contributed by atoms with Crippen molar-refractivity contribution >= 4 is 17.3 Å². The monoisotopic (exact) mass is 265 g/mol. The van der Waals surface area contributed by atoms with Gasteiger partial charge in [0.15, 0.2) is 6.20 Å². The SMILES string of the molecule is CN(C)c1ccc(/C=C2/CCc3ccc[n+](C)c32)cc1. The summed E-state index contributed by atoms with van der Waals surface area (Å²) in [6.07, 6.45) is 6.76. The number of nitrogens with zero attached hydrogens (tertiary/aromatic N) is 2. The molecule has 1 aliphatic carbocycles. The Morgan fingerprint density at radius 2 is 1.80 bits per heavy atom. The molecule has 102 valence electrons. The molecule has 20 heavy (non-hydrogen) atoms. The van der Waals surface area contributed by atoms with Gasteiger partial charge in [0.25, 0.3) is 0 Å². The molecule has 0 N–H and O–H groups in total. The smallest absolute Gasteiger partial charge is 0.211 e. The highest BCUT2D eigenvalue weighted by Crippen LogP contribution is 2.31. The van der Waals surface area contributed by atoms with E-state index in [1.54, 1.807) is 0 Å². The largest absolute Gasteiger partial charge is 0.378 e. The van der Waals surface area contributed by atoms with Crippen LogP contribution in [0.3, 0.4) is 0 Å². The van der Waals surface area contributed by atoms with Gasteiger partial charge in [0.05, 0.1) is 0 Å². The topological polar surface area (TPSA) is 7.12 Å². The molecule has 3 rings (SSSR count). The lowest BCUT2D eigenvalue weighted by atomic mass is 10.1. The minimum Gasteiger partial charge on any atom is -0.378 e. The fourth-order valence-electron chi connectivity index (χ4n) is 2.90. The zero-order valence-electron chi connectivity index (χ0n) is 12.4. The molecule has 1 heterocycles. The number of anilines is 1. The number of hydrogen-bond acceptors (Lipinski definition) is 1. The van der Waals surface area contributed by atoms with Gasteiger partial charge in [-0.3, -0.25) is 0 Å². The molecule has 0 saturated carbocycles. The number of aryl methyl sites for hydroxylation is 2. The minimum atomic E-state index is 1.14. The van der Waals surface area contributed by atoms with Gasteiger partial charge in [0.1, 0.15) is 7.05 Å². The van der Waals surface area contributed by atoms with E-state index in [0.29, 0.717) is 0 Å². The number of hydrogen-bond donors (Lipinski definition) is 0. The maximum atomic E-state index is 2.32. The summed E-state index contributed by atoms with van der Waals surface area (Å²) in [4.78, 5) is 2.13. The third-order valence-electron chi connectivity index (χ3n) is 3.98. The van der Waals surface area contributed by atoms with Crippen LogP contribution in [0.1, 0.15) is 23.2 Å². The molecule has 0 saturated heterocycles. The lowest BCUT2D eigenvalue weighted by Gasteiger charge is -2.11. The molecule has 1 aromatic carbocycles. The van der Waals surface area contributed by atoms with Crippen LogP contribution in [-0.2, 0) is 13.5 Å². The number of pyridine rings is 1. The van der Waals surface area contributed by atoms with Gasteiger partial charge in [0, 0.05) is 37.0 Å². The summed E-state index contributed by atoms with van der Waals surface area (Å²) in [5.41, 5.74) is 6.82. The van der Waals surface area contributed by atoms with Crippen LogP contribution < -0.4 is 9.47 Å². The van der Waals surface area contributed by atoms with E-state index in [1.807, 2.05) is 0 Å². The first-order valence-electron chi connectivity index (χ1n) is 7.11. The summed E-state index contributed by atoms with van der Waals surface area (Å²) in [5, 5.41) is 0. The van der Waals surface area contributed by atoms with Crippen LogP contribution in [0.15, 0.2) is 42.6 Å². The van der Waals surface area contributed by atoms with Crippen molar-refractivity contribution in [2.24, 2.45) is 7.05 Å². The van der Waals surface area contributed by atoms with Gasteiger partial charge in [-0.15, -0.1) is 0 Å². The molecule has 0 unspecified atom stereocenters. The van der Waals surface area contributed by atoms with Crippen LogP contribution >= 0.6 is 0 Å². The number of benzene rings is 1. The molecule has 0 fully saturated rings. The van der Waals surface area contributed by atoms with Crippen molar-refractivity contribution in [3.05, 3.63) is 59.4 Å². The molecule has 2 heteroatoms. The summed E-state index contributed by atoms with van der Waals surface area (Å²) in [6, 6.07) is 13.1. The first kappa shape index (κ1) is 12.9. The molecular weight excluding hydrogens is 244 g/mol. The molecular formula is C18H21N2+. The van der Waals surface area contributed by atoms with E-state index in [9.17, 15) is 0 Å². The molecule has 0 amide bonds. The molecule has 0 aliphatic heterocycles. The Labute approximate surface area is 121 Å². The van der Waals surface area contributed by atoms with E-state index in [4.69, 9.17) is 0 Å². The van der Waals surface area contributed by atoms with Crippen molar-refractivity contribution in [1.29, 1.82) is 0 Å². The van der Waals surface area contributed by atoms with Crippen LogP contribution in [0.25, 0.3) is 11.6 Å². The van der Waals surface area contributed by atoms with Crippen LogP contribution in [0.5, 0.6) is 0 Å². The van der Waals surface area contributed by atoms with Crippen LogP contribution in [-0.4, -0.2) is 14.1 Å². The summed E-state index contributed by atoms with van der Waals surface area (Å²) in [7, 11) is 6.27. The number of aromatic nitrogens is 1. The average Bonchev–Trinajstić information content (AvgIpc) is 2.84. The van der Waals surface area contributed by atoms with E-state index in [0.717, 1.165) is 12.8 Å². The third-order valence-corrected chi connectivity index (χ3v) is 3.98. The summed E-state index contributed by atoms with van der Waals surface area (Å²) in [5.74, 6) is 0. The Morgan fingerprint density at radius 3 is 2.50 bits per heavy atom. The predicted octanol–water partition coefficient (Wildman–Crippen LogP) is 3.06. The summed E-state index contributed by atoms with van der Waals surface area (Å²) in [6.45, 7) is 0. The molecule has 0 spiro atoms. The Kier molecular flexibility index (Phi) is 3.31. The first-order valence-corrected chi connectivity index (χ1v) is 7.11. The summed E-state index contributed by atoms with van der Waals surface area (Å²) < 4.78 is 2.24. The third kappa shape index (κ3) is 2.34. The van der Waals surface area contributed by atoms with E-state index in [1.165, 1.54) is 28.1 Å². The first-order chi connectivity index (χ1) is 9.65. The second kappa shape index (κ2) is 5.12. The van der Waals surface area contributed by atoms with Gasteiger partial charge >= 0.3 is 0 Å². The van der Waals surface area contributed by atoms with Gasteiger partial charge < -0.3 is 4.90 Å². The quantitative estimate of drug-likeness (QED) is 0.757. The Morgan fingerprint density at radius 1 is 1.05 bits per heavy atom. The number of fused-ring (bicyclic) bond motifs is 1. The lowest BCUT2D eigenvalue weighted by Crippen LogP contribution is -2.32. The highest BCUT2D eigenvalue weighted by molar-refractivity contribution is 5.82. The van der Waals surface area contributed by atoms with Gasteiger partial charge in [-0.1, -0.05) is 12.1 Å². The Balaban J connectivity index is 1.95. The Hall–Kier alpha value is -2.09. The lowest BCUT2D eigenvalue weighted by molar-refractivity contribution is -0.673. The van der Waals surface area contributed by atoms with Gasteiger partial charge in [0.2, 0.25) is 5.69 Å². The van der Waals surface area contributed by atoms with Gasteiger partial charge in [-0.25, -0.2) is 4.57 Å². The summed E-state index contributed by atoms with van der Waals surface area (Å²) >= 11 is 0. The highest BCUT2D eigenvalue weighted by Gasteiger charge is 2.24. The molecule has 2 nitrogen and oxygen atoms in total. The normalized spacial score (nSPS) is 15.4. The maximum Gasteiger partial charge on any atom is 0.211 e. The molecule has 0 atom stereocenters. The van der Waals surface area contributed by atoms with E-state index in [2.05, 4.69) is 79.3 Å². The van der Waals surface area contributed by atoms with E-state index < -0.39 is 0 Å². The number of rotatable bonds is 2. The van der Waals surface area contributed by atoms with Crippen molar-refractivity contribution in [1.82, 2.24) is 0 Å². The van der Waals surface area contributed by atoms with Crippen molar-refractivity contribution in [3.8, 4) is 0 Å². The molecule has 1 aliphatic rings. The van der Waals surface area contributed by atoms with Crippen molar-refractivity contribution < 1.29 is 4.57 Å².